The molecule has 0 radical (unpaired) electrons. The van der Waals surface area contributed by atoms with Crippen molar-refractivity contribution in [2.75, 3.05) is 12.3 Å². The first-order valence-electron chi connectivity index (χ1n) is 6.50. The van der Waals surface area contributed by atoms with Crippen molar-refractivity contribution in [1.82, 2.24) is 14.1 Å². The van der Waals surface area contributed by atoms with Crippen LogP contribution in [-0.4, -0.2) is 30.1 Å². The van der Waals surface area contributed by atoms with E-state index in [1.807, 2.05) is 41.9 Å². The zero-order valence-corrected chi connectivity index (χ0v) is 11.9. The van der Waals surface area contributed by atoms with Crippen molar-refractivity contribution in [1.29, 1.82) is 0 Å². The van der Waals surface area contributed by atoms with Gasteiger partial charge in [-0.05, 0) is 25.0 Å². The summed E-state index contributed by atoms with van der Waals surface area (Å²) in [6.45, 7) is 2.32. The third kappa shape index (κ3) is 3.78. The summed E-state index contributed by atoms with van der Waals surface area (Å²) >= 11 is 0. The molecule has 2 heterocycles. The van der Waals surface area contributed by atoms with E-state index in [4.69, 9.17) is 0 Å². The van der Waals surface area contributed by atoms with E-state index in [0.717, 1.165) is 24.2 Å². The molecule has 5 nitrogen and oxygen atoms in total. The zero-order valence-electron chi connectivity index (χ0n) is 11.0. The van der Waals surface area contributed by atoms with Gasteiger partial charge in [0.2, 0.25) is 10.0 Å². The summed E-state index contributed by atoms with van der Waals surface area (Å²) in [4.78, 5) is 4.35. The number of hydrogen-bond donors (Lipinski definition) is 1. The second kappa shape index (κ2) is 6.16. The Balaban J connectivity index is 1.86. The molecule has 0 amide bonds. The highest BCUT2D eigenvalue weighted by atomic mass is 32.2. The number of rotatable bonds is 7. The minimum atomic E-state index is -3.09. The topological polar surface area (TPSA) is 63.5 Å². The highest BCUT2D eigenvalue weighted by Crippen LogP contribution is 2.07. The molecule has 0 fully saturated rings. The molecule has 0 bridgehead atoms. The summed E-state index contributed by atoms with van der Waals surface area (Å²) in [7, 11) is -3.09. The summed E-state index contributed by atoms with van der Waals surface area (Å²) in [5, 5.41) is 0. The number of nitrogens with one attached hydrogen (secondary N) is 1. The molecule has 1 N–H and O–H groups in total. The smallest absolute Gasteiger partial charge is 0.211 e. The van der Waals surface area contributed by atoms with Crippen molar-refractivity contribution in [2.45, 2.75) is 26.2 Å². The second-order valence-corrected chi connectivity index (χ2v) is 6.41. The van der Waals surface area contributed by atoms with Gasteiger partial charge in [0.15, 0.2) is 0 Å². The van der Waals surface area contributed by atoms with Gasteiger partial charge in [0, 0.05) is 19.2 Å². The van der Waals surface area contributed by atoms with Crippen LogP contribution in [0.1, 0.15) is 25.6 Å². The molecule has 2 aromatic rings. The maximum Gasteiger partial charge on any atom is 0.211 e. The predicted molar refractivity (Wildman–Crippen MR) is 75.6 cm³/mol. The number of aryl methyl sites for hydroxylation is 1. The fourth-order valence-electron chi connectivity index (χ4n) is 2.00. The molecule has 0 saturated heterocycles. The van der Waals surface area contributed by atoms with Gasteiger partial charge in [0.25, 0.3) is 0 Å². The number of fused-ring (bicyclic) bond motifs is 1. The van der Waals surface area contributed by atoms with Crippen LogP contribution in [0.4, 0.5) is 0 Å². The Morgan fingerprint density at radius 3 is 3.00 bits per heavy atom. The average Bonchev–Trinajstić information content (AvgIpc) is 2.78. The fraction of sp³-hybridized carbons (Fsp3) is 0.462. The van der Waals surface area contributed by atoms with E-state index in [9.17, 15) is 8.42 Å². The molecule has 0 aliphatic carbocycles. The molecule has 0 unspecified atom stereocenters. The lowest BCUT2D eigenvalue weighted by Gasteiger charge is -2.05. The van der Waals surface area contributed by atoms with E-state index in [-0.39, 0.29) is 5.75 Å². The van der Waals surface area contributed by atoms with E-state index in [2.05, 4.69) is 9.71 Å². The van der Waals surface area contributed by atoms with Gasteiger partial charge in [-0.15, -0.1) is 0 Å². The Morgan fingerprint density at radius 1 is 1.37 bits per heavy atom. The molecule has 0 saturated carbocycles. The van der Waals surface area contributed by atoms with Gasteiger partial charge in [-0.25, -0.2) is 18.1 Å². The van der Waals surface area contributed by atoms with Crippen LogP contribution < -0.4 is 4.72 Å². The Bertz CT molecular complexity index is 634. The summed E-state index contributed by atoms with van der Waals surface area (Å²) in [6.07, 6.45) is 5.94. The highest BCUT2D eigenvalue weighted by Gasteiger charge is 2.08. The molecular formula is C13H19N3O2S. The third-order valence-electron chi connectivity index (χ3n) is 2.89. The van der Waals surface area contributed by atoms with Crippen LogP contribution in [0.2, 0.25) is 0 Å². The lowest BCUT2D eigenvalue weighted by atomic mass is 10.3. The number of pyridine rings is 1. The summed E-state index contributed by atoms with van der Waals surface area (Å²) in [5.74, 6) is 1.16. The number of imidazole rings is 1. The quantitative estimate of drug-likeness (QED) is 0.784. The molecule has 2 rings (SSSR count). The summed E-state index contributed by atoms with van der Waals surface area (Å²) < 4.78 is 27.6. The first-order chi connectivity index (χ1) is 9.12. The zero-order chi connectivity index (χ0) is 13.7. The molecular weight excluding hydrogens is 262 g/mol. The van der Waals surface area contributed by atoms with Crippen molar-refractivity contribution >= 4 is 15.5 Å². The Labute approximate surface area is 113 Å². The number of aromatic nitrogens is 2. The molecule has 0 atom stereocenters. The standard InChI is InChI=1S/C13H19N3O2S/c1-2-10-19(17,18)15-8-5-7-13-14-11-12-6-3-4-9-16(12)13/h3-4,6,9,11,15H,2,5,7-8,10H2,1H3. The number of hydrogen-bond acceptors (Lipinski definition) is 3. The summed E-state index contributed by atoms with van der Waals surface area (Å²) in [5.41, 5.74) is 1.06. The van der Waals surface area contributed by atoms with E-state index < -0.39 is 10.0 Å². The van der Waals surface area contributed by atoms with E-state index in [0.29, 0.717) is 13.0 Å². The number of nitrogens with zero attached hydrogens (tertiary/aromatic N) is 2. The largest absolute Gasteiger partial charge is 0.304 e. The van der Waals surface area contributed by atoms with Gasteiger partial charge >= 0.3 is 0 Å². The van der Waals surface area contributed by atoms with Crippen LogP contribution in [0, 0.1) is 0 Å². The Morgan fingerprint density at radius 2 is 2.21 bits per heavy atom. The maximum absolute atomic E-state index is 11.5. The molecule has 2 aromatic heterocycles. The molecule has 0 aliphatic rings. The van der Waals surface area contributed by atoms with Crippen molar-refractivity contribution in [3.63, 3.8) is 0 Å². The second-order valence-electron chi connectivity index (χ2n) is 4.49. The van der Waals surface area contributed by atoms with Crippen molar-refractivity contribution < 1.29 is 8.42 Å². The van der Waals surface area contributed by atoms with E-state index in [1.54, 1.807) is 0 Å². The molecule has 0 aliphatic heterocycles. The summed E-state index contributed by atoms with van der Waals surface area (Å²) in [6, 6.07) is 5.93. The molecule has 0 aromatic carbocycles. The van der Waals surface area contributed by atoms with E-state index >= 15 is 0 Å². The van der Waals surface area contributed by atoms with Crippen molar-refractivity contribution in [3.8, 4) is 0 Å². The SMILES string of the molecule is CCCS(=O)(=O)NCCCc1ncc2ccccn12. The lowest BCUT2D eigenvalue weighted by Crippen LogP contribution is -2.27. The van der Waals surface area contributed by atoms with Crippen LogP contribution in [0.15, 0.2) is 30.6 Å². The minimum absolute atomic E-state index is 0.194. The Kier molecular flexibility index (Phi) is 4.55. The molecule has 19 heavy (non-hydrogen) atoms. The van der Waals surface area contributed by atoms with Crippen molar-refractivity contribution in [3.05, 3.63) is 36.4 Å². The van der Waals surface area contributed by atoms with Crippen LogP contribution in [0.25, 0.3) is 5.52 Å². The van der Waals surface area contributed by atoms with Crippen LogP contribution in [0.3, 0.4) is 0 Å². The van der Waals surface area contributed by atoms with Gasteiger partial charge in [-0.2, -0.15) is 0 Å². The van der Waals surface area contributed by atoms with E-state index in [1.165, 1.54) is 0 Å². The first kappa shape index (κ1) is 14.0. The number of sulfonamides is 1. The Hall–Kier alpha value is -1.40. The molecule has 0 spiro atoms. The van der Waals surface area contributed by atoms with Gasteiger partial charge in [0.05, 0.1) is 17.5 Å². The maximum atomic E-state index is 11.5. The van der Waals surface area contributed by atoms with Gasteiger partial charge in [-0.3, -0.25) is 0 Å². The van der Waals surface area contributed by atoms with Gasteiger partial charge < -0.3 is 4.40 Å². The lowest BCUT2D eigenvalue weighted by molar-refractivity contribution is 0.577. The monoisotopic (exact) mass is 281 g/mol. The normalized spacial score (nSPS) is 12.1. The predicted octanol–water partition coefficient (Wildman–Crippen LogP) is 1.60. The highest BCUT2D eigenvalue weighted by molar-refractivity contribution is 7.89. The van der Waals surface area contributed by atoms with Crippen LogP contribution in [-0.2, 0) is 16.4 Å². The first-order valence-corrected chi connectivity index (χ1v) is 8.16. The van der Waals surface area contributed by atoms with Gasteiger partial charge in [-0.1, -0.05) is 13.0 Å². The van der Waals surface area contributed by atoms with Crippen LogP contribution >= 0.6 is 0 Å². The van der Waals surface area contributed by atoms with Gasteiger partial charge in [0.1, 0.15) is 5.82 Å². The minimum Gasteiger partial charge on any atom is -0.304 e. The van der Waals surface area contributed by atoms with Crippen LogP contribution in [0.5, 0.6) is 0 Å². The third-order valence-corrected chi connectivity index (χ3v) is 4.48. The fourth-order valence-corrected chi connectivity index (χ4v) is 3.14. The average molecular weight is 281 g/mol. The van der Waals surface area contributed by atoms with Crippen molar-refractivity contribution in [2.24, 2.45) is 0 Å². The molecule has 6 heteroatoms. The molecule has 104 valence electrons.